The SMILES string of the molecule is CNS(=O)(=O)c1ccc(N(C)CC(O)COC)c(N)c1. The van der Waals surface area contributed by atoms with E-state index >= 15 is 0 Å². The van der Waals surface area contributed by atoms with E-state index in [2.05, 4.69) is 4.72 Å². The largest absolute Gasteiger partial charge is 0.397 e. The molecule has 114 valence electrons. The smallest absolute Gasteiger partial charge is 0.240 e. The van der Waals surface area contributed by atoms with Crippen molar-refractivity contribution in [2.45, 2.75) is 11.0 Å². The lowest BCUT2D eigenvalue weighted by molar-refractivity contribution is 0.0695. The summed E-state index contributed by atoms with van der Waals surface area (Å²) in [6, 6.07) is 4.47. The molecule has 0 saturated carbocycles. The monoisotopic (exact) mass is 303 g/mol. The summed E-state index contributed by atoms with van der Waals surface area (Å²) in [5.41, 5.74) is 6.85. The molecule has 1 aromatic rings. The summed E-state index contributed by atoms with van der Waals surface area (Å²) in [5, 5.41) is 9.68. The number of ether oxygens (including phenoxy) is 1. The molecule has 20 heavy (non-hydrogen) atoms. The van der Waals surface area contributed by atoms with E-state index < -0.39 is 16.1 Å². The number of hydrogen-bond donors (Lipinski definition) is 3. The van der Waals surface area contributed by atoms with E-state index in [1.807, 2.05) is 0 Å². The van der Waals surface area contributed by atoms with Gasteiger partial charge in [-0.25, -0.2) is 13.1 Å². The minimum Gasteiger partial charge on any atom is -0.397 e. The fourth-order valence-corrected chi connectivity index (χ4v) is 2.59. The molecule has 1 atom stereocenters. The third kappa shape index (κ3) is 4.07. The van der Waals surface area contributed by atoms with E-state index in [1.54, 1.807) is 18.0 Å². The first-order valence-corrected chi connectivity index (χ1v) is 7.51. The first-order chi connectivity index (χ1) is 9.31. The number of aliphatic hydroxyl groups excluding tert-OH is 1. The van der Waals surface area contributed by atoms with Crippen LogP contribution in [-0.4, -0.2) is 54.0 Å². The van der Waals surface area contributed by atoms with Crippen LogP contribution in [-0.2, 0) is 14.8 Å². The number of sulfonamides is 1. The molecule has 0 aromatic heterocycles. The Bertz CT molecular complexity index is 548. The average Bonchev–Trinajstić information content (AvgIpc) is 2.38. The van der Waals surface area contributed by atoms with E-state index in [1.165, 1.54) is 26.3 Å². The molecule has 4 N–H and O–H groups in total. The van der Waals surface area contributed by atoms with Crippen molar-refractivity contribution in [3.8, 4) is 0 Å². The summed E-state index contributed by atoms with van der Waals surface area (Å²) < 4.78 is 30.4. The number of nitrogens with one attached hydrogen (secondary N) is 1. The second-order valence-corrected chi connectivity index (χ2v) is 6.30. The highest BCUT2D eigenvalue weighted by Gasteiger charge is 2.15. The zero-order valence-electron chi connectivity index (χ0n) is 11.8. The van der Waals surface area contributed by atoms with Gasteiger partial charge in [-0.15, -0.1) is 0 Å². The maximum Gasteiger partial charge on any atom is 0.240 e. The topological polar surface area (TPSA) is 105 Å². The van der Waals surface area contributed by atoms with Crippen molar-refractivity contribution in [1.29, 1.82) is 0 Å². The predicted octanol–water partition coefficient (Wildman–Crippen LogP) is -0.380. The highest BCUT2D eigenvalue weighted by molar-refractivity contribution is 7.89. The maximum absolute atomic E-state index is 11.7. The minimum atomic E-state index is -3.51. The van der Waals surface area contributed by atoms with Crippen LogP contribution in [0.1, 0.15) is 0 Å². The van der Waals surface area contributed by atoms with Gasteiger partial charge >= 0.3 is 0 Å². The van der Waals surface area contributed by atoms with Gasteiger partial charge in [-0.3, -0.25) is 0 Å². The van der Waals surface area contributed by atoms with E-state index in [0.717, 1.165) is 0 Å². The molecule has 0 aliphatic heterocycles. The van der Waals surface area contributed by atoms with Gasteiger partial charge in [-0.1, -0.05) is 0 Å². The summed E-state index contributed by atoms with van der Waals surface area (Å²) in [6.45, 7) is 0.548. The summed E-state index contributed by atoms with van der Waals surface area (Å²) in [7, 11) is 1.10. The van der Waals surface area contributed by atoms with Crippen LogP contribution in [0.25, 0.3) is 0 Å². The first-order valence-electron chi connectivity index (χ1n) is 6.03. The second-order valence-electron chi connectivity index (χ2n) is 4.42. The van der Waals surface area contributed by atoms with Gasteiger partial charge in [0, 0.05) is 20.7 Å². The van der Waals surface area contributed by atoms with Gasteiger partial charge < -0.3 is 20.5 Å². The molecule has 0 spiro atoms. The lowest BCUT2D eigenvalue weighted by Gasteiger charge is -2.24. The average molecular weight is 303 g/mol. The van der Waals surface area contributed by atoms with Crippen LogP contribution in [0, 0.1) is 0 Å². The van der Waals surface area contributed by atoms with Crippen LogP contribution < -0.4 is 15.4 Å². The molecule has 1 aromatic carbocycles. The Hall–Kier alpha value is -1.35. The van der Waals surface area contributed by atoms with Crippen molar-refractivity contribution < 1.29 is 18.3 Å². The Morgan fingerprint density at radius 2 is 2.15 bits per heavy atom. The van der Waals surface area contributed by atoms with Crippen LogP contribution in [0.15, 0.2) is 23.1 Å². The fourth-order valence-electron chi connectivity index (χ4n) is 1.82. The molecule has 0 saturated heterocycles. The van der Waals surface area contributed by atoms with Crippen molar-refractivity contribution in [3.05, 3.63) is 18.2 Å². The normalized spacial score (nSPS) is 13.2. The van der Waals surface area contributed by atoms with Gasteiger partial charge in [-0.2, -0.15) is 0 Å². The third-order valence-electron chi connectivity index (χ3n) is 2.83. The number of nitrogens with zero attached hydrogens (tertiary/aromatic N) is 1. The Kier molecular flexibility index (Phi) is 5.75. The molecule has 8 heteroatoms. The molecule has 0 fully saturated rings. The molecule has 0 aliphatic rings. The highest BCUT2D eigenvalue weighted by atomic mass is 32.2. The van der Waals surface area contributed by atoms with Crippen LogP contribution in [0.4, 0.5) is 11.4 Å². The third-order valence-corrected chi connectivity index (χ3v) is 4.24. The molecular weight excluding hydrogens is 282 g/mol. The molecule has 0 aliphatic carbocycles. The number of aliphatic hydroxyl groups is 1. The van der Waals surface area contributed by atoms with Crippen LogP contribution in [0.5, 0.6) is 0 Å². The summed E-state index contributed by atoms with van der Waals surface area (Å²) in [6.07, 6.45) is -0.648. The maximum atomic E-state index is 11.7. The van der Waals surface area contributed by atoms with E-state index in [-0.39, 0.29) is 11.5 Å². The molecule has 1 rings (SSSR count). The number of rotatable bonds is 7. The highest BCUT2D eigenvalue weighted by Crippen LogP contribution is 2.25. The van der Waals surface area contributed by atoms with Gasteiger partial charge in [0.1, 0.15) is 0 Å². The quantitative estimate of drug-likeness (QED) is 0.593. The zero-order chi connectivity index (χ0) is 15.3. The van der Waals surface area contributed by atoms with Crippen molar-refractivity contribution in [1.82, 2.24) is 4.72 Å². The zero-order valence-corrected chi connectivity index (χ0v) is 12.6. The number of nitrogens with two attached hydrogens (primary N) is 1. The Labute approximate surface area is 119 Å². The Balaban J connectivity index is 2.93. The molecule has 0 amide bonds. The molecule has 0 bridgehead atoms. The number of anilines is 2. The van der Waals surface area contributed by atoms with Gasteiger partial charge in [0.2, 0.25) is 10.0 Å². The number of hydrogen-bond acceptors (Lipinski definition) is 6. The Morgan fingerprint density at radius 1 is 1.50 bits per heavy atom. The van der Waals surface area contributed by atoms with Crippen molar-refractivity contribution in [2.24, 2.45) is 0 Å². The van der Waals surface area contributed by atoms with Crippen molar-refractivity contribution in [2.75, 3.05) is 45.0 Å². The number of likely N-dealkylation sites (N-methyl/N-ethyl adjacent to an activating group) is 1. The van der Waals surface area contributed by atoms with Gasteiger partial charge in [-0.05, 0) is 25.2 Å². The fraction of sp³-hybridized carbons (Fsp3) is 0.500. The van der Waals surface area contributed by atoms with Crippen LogP contribution in [0.3, 0.4) is 0 Å². The predicted molar refractivity (Wildman–Crippen MR) is 78.3 cm³/mol. The summed E-state index contributed by atoms with van der Waals surface area (Å²) in [4.78, 5) is 1.85. The number of nitrogen functional groups attached to an aromatic ring is 1. The van der Waals surface area contributed by atoms with Gasteiger partial charge in [0.15, 0.2) is 0 Å². The molecule has 0 heterocycles. The lowest BCUT2D eigenvalue weighted by atomic mass is 10.2. The number of benzene rings is 1. The van der Waals surface area contributed by atoms with Crippen LogP contribution >= 0.6 is 0 Å². The van der Waals surface area contributed by atoms with Gasteiger partial charge in [0.25, 0.3) is 0 Å². The molecule has 1 unspecified atom stereocenters. The lowest BCUT2D eigenvalue weighted by Crippen LogP contribution is -2.32. The standard InChI is InChI=1S/C12H21N3O4S/c1-14-20(17,18)10-4-5-12(11(13)6-10)15(2)7-9(16)8-19-3/h4-6,9,14,16H,7-8,13H2,1-3H3. The number of methoxy groups -OCH3 is 1. The summed E-state index contributed by atoms with van der Waals surface area (Å²) in [5.74, 6) is 0. The minimum absolute atomic E-state index is 0.104. The molecule has 7 nitrogen and oxygen atoms in total. The van der Waals surface area contributed by atoms with Gasteiger partial charge in [0.05, 0.1) is 29.0 Å². The molecular formula is C12H21N3O4S. The van der Waals surface area contributed by atoms with Crippen LogP contribution in [0.2, 0.25) is 0 Å². The van der Waals surface area contributed by atoms with E-state index in [9.17, 15) is 13.5 Å². The van der Waals surface area contributed by atoms with E-state index in [4.69, 9.17) is 10.5 Å². The van der Waals surface area contributed by atoms with E-state index in [0.29, 0.717) is 17.9 Å². The van der Waals surface area contributed by atoms with Crippen molar-refractivity contribution >= 4 is 21.4 Å². The van der Waals surface area contributed by atoms with Crippen molar-refractivity contribution in [3.63, 3.8) is 0 Å². The Morgan fingerprint density at radius 3 is 2.65 bits per heavy atom. The second kappa shape index (κ2) is 6.89. The first kappa shape index (κ1) is 16.7. The summed E-state index contributed by atoms with van der Waals surface area (Å²) >= 11 is 0. The molecule has 0 radical (unpaired) electrons.